The normalized spacial score (nSPS) is 14.2. The van der Waals surface area contributed by atoms with Crippen molar-refractivity contribution in [1.82, 2.24) is 5.32 Å². The number of alkyl carbamates (subject to hydrolysis) is 1. The molecule has 0 saturated carbocycles. The van der Waals surface area contributed by atoms with Gasteiger partial charge in [0.05, 0.1) is 12.5 Å². The van der Waals surface area contributed by atoms with Crippen molar-refractivity contribution in [2.75, 3.05) is 13.2 Å². The van der Waals surface area contributed by atoms with Gasteiger partial charge in [0.15, 0.2) is 0 Å². The van der Waals surface area contributed by atoms with Crippen LogP contribution in [0, 0.1) is 5.92 Å². The first-order valence-corrected chi connectivity index (χ1v) is 5.51. The number of rotatable bonds is 6. The van der Waals surface area contributed by atoms with Crippen molar-refractivity contribution in [3.05, 3.63) is 12.7 Å². The molecule has 0 aliphatic carbocycles. The van der Waals surface area contributed by atoms with Crippen molar-refractivity contribution in [2.45, 2.75) is 26.1 Å². The number of ether oxygens (including phenoxy) is 2. The molecule has 110 valence electrons. The van der Waals surface area contributed by atoms with E-state index >= 15 is 0 Å². The van der Waals surface area contributed by atoms with E-state index in [1.165, 1.54) is 13.0 Å². The summed E-state index contributed by atoms with van der Waals surface area (Å²) in [6.07, 6.45) is -4.55. The van der Waals surface area contributed by atoms with E-state index in [4.69, 9.17) is 0 Å². The van der Waals surface area contributed by atoms with Crippen molar-refractivity contribution in [3.8, 4) is 0 Å². The molecule has 0 spiro atoms. The predicted octanol–water partition coefficient (Wildman–Crippen LogP) is 2.03. The maximum absolute atomic E-state index is 12.6. The van der Waals surface area contributed by atoms with Crippen LogP contribution in [0.1, 0.15) is 13.8 Å². The molecule has 0 heterocycles. The van der Waals surface area contributed by atoms with Gasteiger partial charge < -0.3 is 14.8 Å². The molecular weight excluding hydrogens is 267 g/mol. The third-order valence-corrected chi connectivity index (χ3v) is 2.16. The summed E-state index contributed by atoms with van der Waals surface area (Å²) < 4.78 is 46.7. The Hall–Kier alpha value is -1.73. The first-order chi connectivity index (χ1) is 8.73. The van der Waals surface area contributed by atoms with Gasteiger partial charge >= 0.3 is 18.2 Å². The van der Waals surface area contributed by atoms with E-state index in [1.54, 1.807) is 0 Å². The maximum Gasteiger partial charge on any atom is 0.408 e. The minimum atomic E-state index is -4.65. The average molecular weight is 283 g/mol. The number of hydrogen-bond acceptors (Lipinski definition) is 4. The van der Waals surface area contributed by atoms with Gasteiger partial charge in [0, 0.05) is 0 Å². The highest BCUT2D eigenvalue weighted by atomic mass is 19.4. The molecule has 5 nitrogen and oxygen atoms in total. The number of amides is 1. The van der Waals surface area contributed by atoms with Gasteiger partial charge in [0.2, 0.25) is 0 Å². The summed E-state index contributed by atoms with van der Waals surface area (Å²) in [5, 5.41) is 1.84. The average Bonchev–Trinajstić information content (AvgIpc) is 2.31. The molecule has 0 aromatic heterocycles. The molecule has 0 aliphatic heterocycles. The lowest BCUT2D eigenvalue weighted by Gasteiger charge is -2.24. The zero-order valence-corrected chi connectivity index (χ0v) is 10.6. The lowest BCUT2D eigenvalue weighted by molar-refractivity contribution is -0.186. The molecule has 0 aliphatic rings. The van der Waals surface area contributed by atoms with Crippen LogP contribution < -0.4 is 5.32 Å². The summed E-state index contributed by atoms with van der Waals surface area (Å²) in [6, 6.07) is -1.85. The molecule has 2 unspecified atom stereocenters. The molecule has 1 amide bonds. The van der Waals surface area contributed by atoms with Gasteiger partial charge in [-0.25, -0.2) is 9.59 Å². The van der Waals surface area contributed by atoms with E-state index in [0.29, 0.717) is 0 Å². The van der Waals surface area contributed by atoms with E-state index in [9.17, 15) is 22.8 Å². The fraction of sp³-hybridized carbons (Fsp3) is 0.636. The second-order valence-corrected chi connectivity index (χ2v) is 3.59. The van der Waals surface area contributed by atoms with Gasteiger partial charge in [-0.05, 0) is 6.92 Å². The van der Waals surface area contributed by atoms with Crippen LogP contribution in [-0.2, 0) is 14.3 Å². The lowest BCUT2D eigenvalue weighted by atomic mass is 10.0. The molecule has 0 rings (SSSR count). The molecule has 0 radical (unpaired) electrons. The van der Waals surface area contributed by atoms with Crippen LogP contribution in [0.25, 0.3) is 0 Å². The van der Waals surface area contributed by atoms with Crippen molar-refractivity contribution >= 4 is 12.1 Å². The van der Waals surface area contributed by atoms with Crippen LogP contribution in [0.4, 0.5) is 18.0 Å². The largest absolute Gasteiger partial charge is 0.464 e. The first kappa shape index (κ1) is 17.3. The molecular formula is C11H16F3NO4. The smallest absolute Gasteiger partial charge is 0.408 e. The van der Waals surface area contributed by atoms with E-state index in [0.717, 1.165) is 6.92 Å². The summed E-state index contributed by atoms with van der Waals surface area (Å²) >= 11 is 0. The van der Waals surface area contributed by atoms with Crippen LogP contribution in [0.3, 0.4) is 0 Å². The SMILES string of the molecule is C=CCOC(=O)NC(C(=O)OCC)C(C)C(F)(F)F. The summed E-state index contributed by atoms with van der Waals surface area (Å²) in [6.45, 7) is 5.22. The highest BCUT2D eigenvalue weighted by Crippen LogP contribution is 2.29. The molecule has 1 N–H and O–H groups in total. The number of alkyl halides is 3. The summed E-state index contributed by atoms with van der Waals surface area (Å²) in [5.74, 6) is -3.26. The molecule has 2 atom stereocenters. The van der Waals surface area contributed by atoms with Gasteiger partial charge in [-0.1, -0.05) is 19.6 Å². The Bertz CT molecular complexity index is 330. The summed E-state index contributed by atoms with van der Waals surface area (Å²) in [5.41, 5.74) is 0. The van der Waals surface area contributed by atoms with Gasteiger partial charge in [-0.3, -0.25) is 0 Å². The van der Waals surface area contributed by atoms with E-state index in [2.05, 4.69) is 16.1 Å². The number of esters is 1. The van der Waals surface area contributed by atoms with E-state index in [-0.39, 0.29) is 13.2 Å². The molecule has 0 aromatic carbocycles. The molecule has 8 heteroatoms. The number of carbonyl (C=O) groups is 2. The molecule has 0 saturated heterocycles. The Morgan fingerprint density at radius 2 is 1.95 bits per heavy atom. The Balaban J connectivity index is 4.82. The van der Waals surface area contributed by atoms with Crippen molar-refractivity contribution in [2.24, 2.45) is 5.92 Å². The van der Waals surface area contributed by atoms with Crippen LogP contribution >= 0.6 is 0 Å². The van der Waals surface area contributed by atoms with Gasteiger partial charge in [-0.2, -0.15) is 13.2 Å². The standard InChI is InChI=1S/C11H16F3NO4/c1-4-6-19-10(17)15-8(9(16)18-5-2)7(3)11(12,13)14/h4,7-8H,1,5-6H2,2-3H3,(H,15,17). The summed E-state index contributed by atoms with van der Waals surface area (Å²) in [7, 11) is 0. The second-order valence-electron chi connectivity index (χ2n) is 3.59. The minimum Gasteiger partial charge on any atom is -0.464 e. The second kappa shape index (κ2) is 7.65. The monoisotopic (exact) mass is 283 g/mol. The van der Waals surface area contributed by atoms with Crippen LogP contribution in [0.15, 0.2) is 12.7 Å². The fourth-order valence-electron chi connectivity index (χ4n) is 1.11. The number of hydrogen-bond donors (Lipinski definition) is 1. The molecule has 0 aromatic rings. The quantitative estimate of drug-likeness (QED) is 0.598. The van der Waals surface area contributed by atoms with Crippen molar-refractivity contribution in [3.63, 3.8) is 0 Å². The highest BCUT2D eigenvalue weighted by molar-refractivity contribution is 5.81. The Labute approximate surface area is 108 Å². The van der Waals surface area contributed by atoms with Crippen LogP contribution in [-0.4, -0.2) is 37.5 Å². The third kappa shape index (κ3) is 6.12. The highest BCUT2D eigenvalue weighted by Gasteiger charge is 2.45. The van der Waals surface area contributed by atoms with E-state index < -0.39 is 30.2 Å². The molecule has 0 fully saturated rings. The molecule has 19 heavy (non-hydrogen) atoms. The fourth-order valence-corrected chi connectivity index (χ4v) is 1.11. The van der Waals surface area contributed by atoms with Crippen molar-refractivity contribution in [1.29, 1.82) is 0 Å². The Kier molecular flexibility index (Phi) is 6.95. The predicted molar refractivity (Wildman–Crippen MR) is 60.3 cm³/mol. The topological polar surface area (TPSA) is 64.6 Å². The van der Waals surface area contributed by atoms with Crippen molar-refractivity contribution < 1.29 is 32.2 Å². The van der Waals surface area contributed by atoms with Gasteiger partial charge in [0.1, 0.15) is 12.6 Å². The lowest BCUT2D eigenvalue weighted by Crippen LogP contribution is -2.50. The minimum absolute atomic E-state index is 0.0940. The van der Waals surface area contributed by atoms with E-state index in [1.807, 2.05) is 5.32 Å². The number of halogens is 3. The van der Waals surface area contributed by atoms with Gasteiger partial charge in [0.25, 0.3) is 0 Å². The third-order valence-electron chi connectivity index (χ3n) is 2.16. The number of nitrogens with one attached hydrogen (secondary N) is 1. The Morgan fingerprint density at radius 3 is 2.37 bits per heavy atom. The van der Waals surface area contributed by atoms with Crippen LogP contribution in [0.2, 0.25) is 0 Å². The maximum atomic E-state index is 12.6. The first-order valence-electron chi connectivity index (χ1n) is 5.51. The summed E-state index contributed by atoms with van der Waals surface area (Å²) in [4.78, 5) is 22.6. The molecule has 0 bridgehead atoms. The zero-order chi connectivity index (χ0) is 15.1. The number of carbonyl (C=O) groups excluding carboxylic acids is 2. The van der Waals surface area contributed by atoms with Gasteiger partial charge in [-0.15, -0.1) is 0 Å². The zero-order valence-electron chi connectivity index (χ0n) is 10.6. The van der Waals surface area contributed by atoms with Crippen LogP contribution in [0.5, 0.6) is 0 Å². The Morgan fingerprint density at radius 1 is 1.37 bits per heavy atom.